The molecule has 1 N–H and O–H groups in total. The van der Waals surface area contributed by atoms with Crippen molar-refractivity contribution in [2.24, 2.45) is 0 Å². The molecule has 23 heavy (non-hydrogen) atoms. The Morgan fingerprint density at radius 3 is 2.30 bits per heavy atom. The second-order valence-corrected chi connectivity index (χ2v) is 6.82. The number of allylic oxidation sites excluding steroid dienone is 1. The van der Waals surface area contributed by atoms with E-state index in [1.54, 1.807) is 0 Å². The van der Waals surface area contributed by atoms with Crippen molar-refractivity contribution in [3.05, 3.63) is 12.2 Å². The molecule has 2 atom stereocenters. The van der Waals surface area contributed by atoms with Gasteiger partial charge in [-0.1, -0.05) is 70.4 Å². The Labute approximate surface area is 142 Å². The highest BCUT2D eigenvalue weighted by Crippen LogP contribution is 2.30. The molecule has 0 aromatic rings. The first-order valence-corrected chi connectivity index (χ1v) is 9.76. The molecule has 0 aromatic heterocycles. The maximum absolute atomic E-state index is 10.4. The summed E-state index contributed by atoms with van der Waals surface area (Å²) < 4.78 is 5.68. The topological polar surface area (TPSA) is 49.8 Å². The molecule has 0 aromatic carbocycles. The smallest absolute Gasteiger partial charge is 0.303 e. The van der Waals surface area contributed by atoms with Gasteiger partial charge in [0.15, 0.2) is 0 Å². The van der Waals surface area contributed by atoms with Crippen molar-refractivity contribution in [3.8, 4) is 0 Å². The lowest BCUT2D eigenvalue weighted by atomic mass is 10.1. The minimum Gasteiger partial charge on any atom is -0.481 e. The van der Waals surface area contributed by atoms with Gasteiger partial charge >= 0.3 is 5.97 Å². The molecule has 0 unspecified atom stereocenters. The Morgan fingerprint density at radius 2 is 1.61 bits per heavy atom. The molecule has 134 valence electrons. The Bertz CT molecular complexity index is 325. The maximum Gasteiger partial charge on any atom is 0.303 e. The maximum atomic E-state index is 10.4. The third kappa shape index (κ3) is 12.3. The van der Waals surface area contributed by atoms with Gasteiger partial charge in [-0.25, -0.2) is 0 Å². The molecule has 0 radical (unpaired) electrons. The summed E-state index contributed by atoms with van der Waals surface area (Å²) in [6.45, 7) is 2.24. The lowest BCUT2D eigenvalue weighted by Gasteiger charge is -2.00. The summed E-state index contributed by atoms with van der Waals surface area (Å²) >= 11 is 0. The number of unbranched alkanes of at least 4 members (excludes halogenated alkanes) is 9. The summed E-state index contributed by atoms with van der Waals surface area (Å²) in [6, 6.07) is 0. The van der Waals surface area contributed by atoms with E-state index in [0.717, 1.165) is 19.3 Å². The number of hydrogen-bond donors (Lipinski definition) is 1. The number of carbonyl (C=O) groups is 1. The van der Waals surface area contributed by atoms with Gasteiger partial charge in [-0.05, 0) is 32.1 Å². The Morgan fingerprint density at radius 1 is 0.913 bits per heavy atom. The summed E-state index contributed by atoms with van der Waals surface area (Å²) in [4.78, 5) is 10.4. The second kappa shape index (κ2) is 13.6. The summed E-state index contributed by atoms with van der Waals surface area (Å²) in [6.07, 6.45) is 21.7. The van der Waals surface area contributed by atoms with Crippen LogP contribution >= 0.6 is 0 Å². The van der Waals surface area contributed by atoms with Crippen molar-refractivity contribution in [2.45, 2.75) is 109 Å². The van der Waals surface area contributed by atoms with E-state index in [2.05, 4.69) is 19.1 Å². The number of rotatable bonds is 16. The van der Waals surface area contributed by atoms with E-state index in [1.165, 1.54) is 64.2 Å². The number of hydrogen-bond acceptors (Lipinski definition) is 2. The van der Waals surface area contributed by atoms with Crippen LogP contribution < -0.4 is 0 Å². The van der Waals surface area contributed by atoms with Crippen molar-refractivity contribution in [1.29, 1.82) is 0 Å². The Balaban J connectivity index is 1.77. The summed E-state index contributed by atoms with van der Waals surface area (Å²) in [7, 11) is 0. The SMILES string of the molecule is CCCCC[C@H]1O[C@@H]1C/C=C\CCCCCCCCCC(=O)O. The van der Waals surface area contributed by atoms with Crippen LogP contribution in [0.2, 0.25) is 0 Å². The van der Waals surface area contributed by atoms with E-state index in [1.807, 2.05) is 0 Å². The van der Waals surface area contributed by atoms with Crippen molar-refractivity contribution in [2.75, 3.05) is 0 Å². The van der Waals surface area contributed by atoms with Crippen molar-refractivity contribution >= 4 is 5.97 Å². The van der Waals surface area contributed by atoms with Crippen molar-refractivity contribution < 1.29 is 14.6 Å². The lowest BCUT2D eigenvalue weighted by molar-refractivity contribution is -0.137. The summed E-state index contributed by atoms with van der Waals surface area (Å²) in [5, 5.41) is 8.54. The Hall–Kier alpha value is -0.830. The molecule has 1 rings (SSSR count). The minimum atomic E-state index is -0.666. The average Bonchev–Trinajstić information content (AvgIpc) is 3.27. The van der Waals surface area contributed by atoms with E-state index in [0.29, 0.717) is 18.6 Å². The molecule has 1 saturated heterocycles. The van der Waals surface area contributed by atoms with Crippen LogP contribution in [0.1, 0.15) is 96.8 Å². The molecule has 3 nitrogen and oxygen atoms in total. The second-order valence-electron chi connectivity index (χ2n) is 6.82. The normalized spacial score (nSPS) is 20.2. The highest BCUT2D eigenvalue weighted by molar-refractivity contribution is 5.66. The molecule has 1 heterocycles. The molecule has 1 aliphatic rings. The highest BCUT2D eigenvalue weighted by atomic mass is 16.6. The van der Waals surface area contributed by atoms with Gasteiger partial charge in [-0.2, -0.15) is 0 Å². The summed E-state index contributed by atoms with van der Waals surface area (Å²) in [5.74, 6) is -0.666. The first-order valence-electron chi connectivity index (χ1n) is 9.76. The fraction of sp³-hybridized carbons (Fsp3) is 0.850. The largest absolute Gasteiger partial charge is 0.481 e. The van der Waals surface area contributed by atoms with E-state index in [4.69, 9.17) is 9.84 Å². The zero-order chi connectivity index (χ0) is 16.8. The fourth-order valence-electron chi connectivity index (χ4n) is 3.01. The van der Waals surface area contributed by atoms with Crippen LogP contribution in [0.3, 0.4) is 0 Å². The van der Waals surface area contributed by atoms with Gasteiger partial charge in [-0.15, -0.1) is 0 Å². The first kappa shape index (κ1) is 20.2. The standard InChI is InChI=1S/C20H36O3/c1-2-3-12-15-18-19(23-18)16-13-10-8-6-4-5-7-9-11-14-17-20(21)22/h10,13,18-19H,2-9,11-12,14-17H2,1H3,(H,21,22)/b13-10-/t18-,19-/m1/s1. The zero-order valence-electron chi connectivity index (χ0n) is 15.0. The van der Waals surface area contributed by atoms with Crippen LogP contribution in [0.25, 0.3) is 0 Å². The lowest BCUT2D eigenvalue weighted by Crippen LogP contribution is -1.93. The first-order chi connectivity index (χ1) is 11.2. The molecular formula is C20H36O3. The fourth-order valence-corrected chi connectivity index (χ4v) is 3.01. The predicted molar refractivity (Wildman–Crippen MR) is 95.7 cm³/mol. The average molecular weight is 325 g/mol. The van der Waals surface area contributed by atoms with Crippen molar-refractivity contribution in [1.82, 2.24) is 0 Å². The van der Waals surface area contributed by atoms with Crippen LogP contribution in [0.4, 0.5) is 0 Å². The van der Waals surface area contributed by atoms with Gasteiger partial charge in [0.2, 0.25) is 0 Å². The van der Waals surface area contributed by atoms with Crippen molar-refractivity contribution in [3.63, 3.8) is 0 Å². The van der Waals surface area contributed by atoms with E-state index in [-0.39, 0.29) is 0 Å². The molecule has 0 bridgehead atoms. The number of aliphatic carboxylic acids is 1. The van der Waals surface area contributed by atoms with Crippen LogP contribution in [-0.4, -0.2) is 23.3 Å². The third-order valence-electron chi connectivity index (χ3n) is 4.58. The van der Waals surface area contributed by atoms with E-state index >= 15 is 0 Å². The van der Waals surface area contributed by atoms with Gasteiger partial charge in [0.05, 0.1) is 12.2 Å². The number of carboxylic acid groups (broad SMARTS) is 1. The highest BCUT2D eigenvalue weighted by Gasteiger charge is 2.36. The number of epoxide rings is 1. The van der Waals surface area contributed by atoms with Gasteiger partial charge in [-0.3, -0.25) is 4.79 Å². The quantitative estimate of drug-likeness (QED) is 0.219. The summed E-state index contributed by atoms with van der Waals surface area (Å²) in [5.41, 5.74) is 0. The monoisotopic (exact) mass is 324 g/mol. The third-order valence-corrected chi connectivity index (χ3v) is 4.58. The molecule has 0 aliphatic carbocycles. The molecule has 0 saturated carbocycles. The minimum absolute atomic E-state index is 0.328. The van der Waals surface area contributed by atoms with Gasteiger partial charge in [0.1, 0.15) is 0 Å². The van der Waals surface area contributed by atoms with E-state index < -0.39 is 5.97 Å². The van der Waals surface area contributed by atoms with Crippen LogP contribution in [0.5, 0.6) is 0 Å². The number of ether oxygens (including phenoxy) is 1. The molecule has 1 fully saturated rings. The van der Waals surface area contributed by atoms with Crippen LogP contribution in [-0.2, 0) is 9.53 Å². The van der Waals surface area contributed by atoms with E-state index in [9.17, 15) is 4.79 Å². The van der Waals surface area contributed by atoms with Crippen LogP contribution in [0, 0.1) is 0 Å². The predicted octanol–water partition coefficient (Wildman–Crippen LogP) is 5.88. The zero-order valence-corrected chi connectivity index (χ0v) is 15.0. The Kier molecular flexibility index (Phi) is 11.9. The van der Waals surface area contributed by atoms with Gasteiger partial charge < -0.3 is 9.84 Å². The molecule has 3 heteroatoms. The van der Waals surface area contributed by atoms with Gasteiger partial charge in [0.25, 0.3) is 0 Å². The van der Waals surface area contributed by atoms with Gasteiger partial charge in [0, 0.05) is 6.42 Å². The molecule has 0 amide bonds. The molecular weight excluding hydrogens is 288 g/mol. The number of carboxylic acids is 1. The molecule has 1 aliphatic heterocycles. The molecule has 0 spiro atoms. The van der Waals surface area contributed by atoms with Crippen LogP contribution in [0.15, 0.2) is 12.2 Å².